The number of hydrogen-bond donors (Lipinski definition) is 1. The van der Waals surface area contributed by atoms with E-state index in [1.165, 1.54) is 12.8 Å². The highest BCUT2D eigenvalue weighted by Crippen LogP contribution is 2.41. The molecule has 2 rings (SSSR count). The Morgan fingerprint density at radius 3 is 2.58 bits per heavy atom. The first kappa shape index (κ1) is 14.5. The summed E-state index contributed by atoms with van der Waals surface area (Å²) in [5.74, 6) is 2.30. The number of hydrogen-bond acceptors (Lipinski definition) is 4. The van der Waals surface area contributed by atoms with Gasteiger partial charge in [-0.25, -0.2) is 0 Å². The van der Waals surface area contributed by atoms with Crippen molar-refractivity contribution in [3.63, 3.8) is 0 Å². The molecule has 1 saturated carbocycles. The summed E-state index contributed by atoms with van der Waals surface area (Å²) in [4.78, 5) is 4.55. The maximum atomic E-state index is 6.14. The van der Waals surface area contributed by atoms with Crippen molar-refractivity contribution in [2.75, 3.05) is 0 Å². The van der Waals surface area contributed by atoms with Crippen molar-refractivity contribution in [2.24, 2.45) is 17.1 Å². The van der Waals surface area contributed by atoms with Gasteiger partial charge in [0.2, 0.25) is 5.89 Å². The first-order chi connectivity index (χ1) is 8.93. The number of aromatic nitrogens is 2. The van der Waals surface area contributed by atoms with Crippen LogP contribution in [-0.2, 0) is 0 Å². The van der Waals surface area contributed by atoms with Crippen LogP contribution in [0.25, 0.3) is 0 Å². The van der Waals surface area contributed by atoms with Crippen molar-refractivity contribution >= 4 is 0 Å². The second-order valence-corrected chi connectivity index (χ2v) is 6.84. The van der Waals surface area contributed by atoms with E-state index in [4.69, 9.17) is 10.3 Å². The molecule has 0 aromatic carbocycles. The van der Waals surface area contributed by atoms with Gasteiger partial charge in [-0.15, -0.1) is 0 Å². The smallest absolute Gasteiger partial charge is 0.243 e. The van der Waals surface area contributed by atoms with Crippen LogP contribution in [0.5, 0.6) is 0 Å². The highest BCUT2D eigenvalue weighted by molar-refractivity contribution is 5.01. The van der Waals surface area contributed by atoms with Crippen molar-refractivity contribution < 1.29 is 4.52 Å². The summed E-state index contributed by atoms with van der Waals surface area (Å²) in [6, 6.07) is -0.133. The van der Waals surface area contributed by atoms with Crippen LogP contribution in [0.15, 0.2) is 4.52 Å². The quantitative estimate of drug-likeness (QED) is 0.899. The SMILES string of the molecule is CCC(C)[C@H](N)c1nc(C2CCC(C)(C)CC2)no1. The first-order valence-corrected chi connectivity index (χ1v) is 7.52. The van der Waals surface area contributed by atoms with Gasteiger partial charge in [-0.3, -0.25) is 0 Å². The molecule has 0 saturated heterocycles. The fourth-order valence-electron chi connectivity index (χ4n) is 2.70. The standard InChI is InChI=1S/C15H27N3O/c1-5-10(2)12(16)14-17-13(18-19-14)11-6-8-15(3,4)9-7-11/h10-12H,5-9,16H2,1-4H3/t10?,12-/m0/s1. The molecule has 0 aliphatic heterocycles. The van der Waals surface area contributed by atoms with Crippen LogP contribution in [0.2, 0.25) is 0 Å². The minimum absolute atomic E-state index is 0.133. The third-order valence-corrected chi connectivity index (χ3v) is 4.70. The summed E-state index contributed by atoms with van der Waals surface area (Å²) >= 11 is 0. The Labute approximate surface area is 116 Å². The number of nitrogens with zero attached hydrogens (tertiary/aromatic N) is 2. The zero-order valence-electron chi connectivity index (χ0n) is 12.6. The minimum Gasteiger partial charge on any atom is -0.338 e. The van der Waals surface area contributed by atoms with Gasteiger partial charge in [0.1, 0.15) is 0 Å². The lowest BCUT2D eigenvalue weighted by molar-refractivity contribution is 0.218. The van der Waals surface area contributed by atoms with Crippen molar-refractivity contribution in [1.29, 1.82) is 0 Å². The van der Waals surface area contributed by atoms with Gasteiger partial charge < -0.3 is 10.3 Å². The molecule has 0 radical (unpaired) electrons. The van der Waals surface area contributed by atoms with Gasteiger partial charge >= 0.3 is 0 Å². The Morgan fingerprint density at radius 1 is 1.37 bits per heavy atom. The van der Waals surface area contributed by atoms with E-state index in [2.05, 4.69) is 37.8 Å². The molecule has 1 aliphatic carbocycles. The summed E-state index contributed by atoms with van der Waals surface area (Å²) in [5, 5.41) is 4.16. The number of rotatable bonds is 4. The Hall–Kier alpha value is -0.900. The van der Waals surface area contributed by atoms with Crippen molar-refractivity contribution in [1.82, 2.24) is 10.1 Å². The van der Waals surface area contributed by atoms with Crippen molar-refractivity contribution in [3.8, 4) is 0 Å². The minimum atomic E-state index is -0.133. The van der Waals surface area contributed by atoms with Crippen molar-refractivity contribution in [3.05, 3.63) is 11.7 Å². The summed E-state index contributed by atoms with van der Waals surface area (Å²) in [6.45, 7) is 8.93. The van der Waals surface area contributed by atoms with Gasteiger partial charge in [0.25, 0.3) is 0 Å². The maximum Gasteiger partial charge on any atom is 0.243 e. The molecule has 1 aliphatic rings. The predicted molar refractivity (Wildman–Crippen MR) is 75.7 cm³/mol. The summed E-state index contributed by atoms with van der Waals surface area (Å²) in [7, 11) is 0. The summed E-state index contributed by atoms with van der Waals surface area (Å²) in [5.41, 5.74) is 6.61. The van der Waals surface area contributed by atoms with E-state index < -0.39 is 0 Å². The van der Waals surface area contributed by atoms with E-state index in [-0.39, 0.29) is 6.04 Å². The Balaban J connectivity index is 2.02. The normalized spacial score (nSPS) is 23.2. The third-order valence-electron chi connectivity index (χ3n) is 4.70. The molecule has 2 N–H and O–H groups in total. The topological polar surface area (TPSA) is 64.9 Å². The molecule has 1 fully saturated rings. The van der Waals surface area contributed by atoms with Gasteiger partial charge in [-0.1, -0.05) is 39.3 Å². The highest BCUT2D eigenvalue weighted by Gasteiger charge is 2.31. The second kappa shape index (κ2) is 5.61. The Morgan fingerprint density at radius 2 is 2.00 bits per heavy atom. The molecule has 19 heavy (non-hydrogen) atoms. The van der Waals surface area contributed by atoms with Crippen LogP contribution >= 0.6 is 0 Å². The Bertz CT molecular complexity index is 403. The van der Waals surface area contributed by atoms with E-state index >= 15 is 0 Å². The Kier molecular flexibility index (Phi) is 4.29. The molecular weight excluding hydrogens is 238 g/mol. The van der Waals surface area contributed by atoms with Gasteiger partial charge in [0, 0.05) is 5.92 Å². The highest BCUT2D eigenvalue weighted by atomic mass is 16.5. The second-order valence-electron chi connectivity index (χ2n) is 6.84. The van der Waals surface area contributed by atoms with E-state index in [1.54, 1.807) is 0 Å². The monoisotopic (exact) mass is 265 g/mol. The van der Waals surface area contributed by atoms with Crippen LogP contribution in [0, 0.1) is 11.3 Å². The molecule has 1 unspecified atom stereocenters. The van der Waals surface area contributed by atoms with Gasteiger partial charge in [0.15, 0.2) is 5.82 Å². The van der Waals surface area contributed by atoms with E-state index in [1.807, 2.05) is 0 Å². The molecule has 4 heteroatoms. The predicted octanol–water partition coefficient (Wildman–Crippen LogP) is 3.80. The molecular formula is C15H27N3O. The molecule has 0 amide bonds. The zero-order chi connectivity index (χ0) is 14.0. The van der Waals surface area contributed by atoms with Crippen LogP contribution in [0.4, 0.5) is 0 Å². The van der Waals surface area contributed by atoms with Crippen LogP contribution in [0.3, 0.4) is 0 Å². The summed E-state index contributed by atoms with van der Waals surface area (Å²) in [6.07, 6.45) is 5.81. The first-order valence-electron chi connectivity index (χ1n) is 7.52. The molecule has 0 spiro atoms. The van der Waals surface area contributed by atoms with Gasteiger partial charge in [0.05, 0.1) is 6.04 Å². The molecule has 4 nitrogen and oxygen atoms in total. The van der Waals surface area contributed by atoms with Crippen LogP contribution in [-0.4, -0.2) is 10.1 Å². The average molecular weight is 265 g/mol. The molecule has 108 valence electrons. The molecule has 1 heterocycles. The molecule has 2 atom stereocenters. The molecule has 0 bridgehead atoms. The van der Waals surface area contributed by atoms with E-state index in [0.29, 0.717) is 23.1 Å². The van der Waals surface area contributed by atoms with Gasteiger partial charge in [-0.05, 0) is 37.0 Å². The van der Waals surface area contributed by atoms with Gasteiger partial charge in [-0.2, -0.15) is 4.98 Å². The summed E-state index contributed by atoms with van der Waals surface area (Å²) < 4.78 is 5.37. The number of nitrogens with two attached hydrogens (primary N) is 1. The van der Waals surface area contributed by atoms with E-state index in [0.717, 1.165) is 25.1 Å². The molecule has 1 aromatic rings. The van der Waals surface area contributed by atoms with Crippen LogP contribution in [0.1, 0.15) is 83.5 Å². The lowest BCUT2D eigenvalue weighted by Crippen LogP contribution is -2.21. The lowest BCUT2D eigenvalue weighted by Gasteiger charge is -2.32. The molecule has 1 aromatic heterocycles. The van der Waals surface area contributed by atoms with Crippen LogP contribution < -0.4 is 5.73 Å². The maximum absolute atomic E-state index is 6.14. The average Bonchev–Trinajstić information content (AvgIpc) is 2.86. The van der Waals surface area contributed by atoms with E-state index in [9.17, 15) is 0 Å². The third kappa shape index (κ3) is 3.35. The van der Waals surface area contributed by atoms with Crippen molar-refractivity contribution in [2.45, 2.75) is 71.8 Å². The largest absolute Gasteiger partial charge is 0.338 e. The fourth-order valence-corrected chi connectivity index (χ4v) is 2.70. The lowest BCUT2D eigenvalue weighted by atomic mass is 9.73. The zero-order valence-corrected chi connectivity index (χ0v) is 12.6. The fraction of sp³-hybridized carbons (Fsp3) is 0.867.